The van der Waals surface area contributed by atoms with E-state index in [0.717, 1.165) is 6.42 Å². The van der Waals surface area contributed by atoms with Crippen molar-refractivity contribution in [2.24, 2.45) is 5.92 Å². The van der Waals surface area contributed by atoms with Crippen molar-refractivity contribution in [1.29, 1.82) is 0 Å². The van der Waals surface area contributed by atoms with Gasteiger partial charge in [-0.05, 0) is 19.3 Å². The number of ether oxygens (including phenoxy) is 1. The molecule has 1 atom stereocenters. The molecule has 0 fully saturated rings. The quantitative estimate of drug-likeness (QED) is 0.599. The Morgan fingerprint density at radius 3 is 2.85 bits per heavy atom. The van der Waals surface area contributed by atoms with Crippen LogP contribution in [0.5, 0.6) is 0 Å². The summed E-state index contributed by atoms with van der Waals surface area (Å²) in [5.41, 5.74) is 0. The van der Waals surface area contributed by atoms with Gasteiger partial charge in [0.15, 0.2) is 0 Å². The lowest BCUT2D eigenvalue weighted by Gasteiger charge is -2.10. The van der Waals surface area contributed by atoms with Gasteiger partial charge in [0.2, 0.25) is 5.91 Å². The van der Waals surface area contributed by atoms with Crippen LogP contribution in [0.2, 0.25) is 0 Å². The number of aliphatic hydroxyl groups is 1. The van der Waals surface area contributed by atoms with Crippen molar-refractivity contribution < 1.29 is 14.6 Å². The second-order valence-electron chi connectivity index (χ2n) is 3.06. The second kappa shape index (κ2) is 8.01. The summed E-state index contributed by atoms with van der Waals surface area (Å²) < 4.78 is 4.93. The molecule has 0 spiro atoms. The fourth-order valence-corrected chi connectivity index (χ4v) is 0.856. The van der Waals surface area contributed by atoms with E-state index in [-0.39, 0.29) is 19.1 Å². The van der Waals surface area contributed by atoms with Gasteiger partial charge in [0.1, 0.15) is 6.61 Å². The Morgan fingerprint density at radius 2 is 2.31 bits per heavy atom. The molecule has 1 amide bonds. The first kappa shape index (κ1) is 12.4. The Labute approximate surface area is 79.3 Å². The zero-order chi connectivity index (χ0) is 10.1. The molecule has 0 aromatic heterocycles. The van der Waals surface area contributed by atoms with E-state index < -0.39 is 0 Å². The Kier molecular flexibility index (Phi) is 7.63. The zero-order valence-electron chi connectivity index (χ0n) is 8.38. The molecule has 0 aromatic rings. The summed E-state index contributed by atoms with van der Waals surface area (Å²) in [7, 11) is 0. The summed E-state index contributed by atoms with van der Waals surface area (Å²) in [6.45, 7) is 5.29. The molecular weight excluding hydrogens is 170 g/mol. The highest BCUT2D eigenvalue weighted by Gasteiger charge is 2.04. The Balaban J connectivity index is 3.34. The number of amides is 1. The highest BCUT2D eigenvalue weighted by Crippen LogP contribution is 1.97. The maximum Gasteiger partial charge on any atom is 0.246 e. The SMILES string of the molecule is CCOCC(=O)NCC(C)CCO. The molecule has 0 aliphatic rings. The predicted octanol–water partition coefficient (Wildman–Crippen LogP) is 0.158. The van der Waals surface area contributed by atoms with Crippen LogP contribution in [0, 0.1) is 5.92 Å². The number of nitrogens with one attached hydrogen (secondary N) is 1. The van der Waals surface area contributed by atoms with Crippen molar-refractivity contribution in [3.05, 3.63) is 0 Å². The van der Waals surface area contributed by atoms with Gasteiger partial charge in [0, 0.05) is 19.8 Å². The lowest BCUT2D eigenvalue weighted by atomic mass is 10.1. The van der Waals surface area contributed by atoms with E-state index in [4.69, 9.17) is 9.84 Å². The van der Waals surface area contributed by atoms with Gasteiger partial charge < -0.3 is 15.2 Å². The van der Waals surface area contributed by atoms with Gasteiger partial charge in [0.05, 0.1) is 0 Å². The van der Waals surface area contributed by atoms with E-state index in [0.29, 0.717) is 19.1 Å². The lowest BCUT2D eigenvalue weighted by molar-refractivity contribution is -0.125. The normalized spacial score (nSPS) is 12.5. The largest absolute Gasteiger partial charge is 0.396 e. The van der Waals surface area contributed by atoms with E-state index in [1.807, 2.05) is 13.8 Å². The van der Waals surface area contributed by atoms with Gasteiger partial charge in [-0.25, -0.2) is 0 Å². The molecule has 0 bridgehead atoms. The van der Waals surface area contributed by atoms with Crippen molar-refractivity contribution in [3.8, 4) is 0 Å². The molecule has 0 aliphatic heterocycles. The van der Waals surface area contributed by atoms with Crippen LogP contribution in [0.3, 0.4) is 0 Å². The molecule has 0 aromatic carbocycles. The lowest BCUT2D eigenvalue weighted by Crippen LogP contribution is -2.31. The summed E-state index contributed by atoms with van der Waals surface area (Å²) in [5, 5.41) is 11.3. The molecule has 0 rings (SSSR count). The second-order valence-corrected chi connectivity index (χ2v) is 3.06. The van der Waals surface area contributed by atoms with Crippen LogP contribution in [0.15, 0.2) is 0 Å². The standard InChI is InChI=1S/C9H19NO3/c1-3-13-7-9(12)10-6-8(2)4-5-11/h8,11H,3-7H2,1-2H3,(H,10,12). The highest BCUT2D eigenvalue weighted by molar-refractivity contribution is 5.77. The summed E-state index contributed by atoms with van der Waals surface area (Å²) in [6.07, 6.45) is 0.717. The maximum atomic E-state index is 11.0. The molecule has 0 radical (unpaired) electrons. The smallest absolute Gasteiger partial charge is 0.246 e. The third-order valence-electron chi connectivity index (χ3n) is 1.71. The maximum absolute atomic E-state index is 11.0. The monoisotopic (exact) mass is 189 g/mol. The van der Waals surface area contributed by atoms with Crippen molar-refractivity contribution in [3.63, 3.8) is 0 Å². The van der Waals surface area contributed by atoms with Crippen LogP contribution in [-0.4, -0.2) is 37.4 Å². The number of aliphatic hydroxyl groups excluding tert-OH is 1. The van der Waals surface area contributed by atoms with E-state index >= 15 is 0 Å². The third-order valence-corrected chi connectivity index (χ3v) is 1.71. The van der Waals surface area contributed by atoms with Crippen LogP contribution in [0.4, 0.5) is 0 Å². The first-order valence-corrected chi connectivity index (χ1v) is 4.66. The van der Waals surface area contributed by atoms with E-state index in [1.54, 1.807) is 0 Å². The van der Waals surface area contributed by atoms with E-state index in [9.17, 15) is 4.79 Å². The van der Waals surface area contributed by atoms with Crippen molar-refractivity contribution in [1.82, 2.24) is 5.32 Å². The van der Waals surface area contributed by atoms with Crippen molar-refractivity contribution in [2.75, 3.05) is 26.4 Å². The number of carbonyl (C=O) groups excluding carboxylic acids is 1. The highest BCUT2D eigenvalue weighted by atomic mass is 16.5. The minimum Gasteiger partial charge on any atom is -0.396 e. The molecule has 4 heteroatoms. The topological polar surface area (TPSA) is 58.6 Å². The van der Waals surface area contributed by atoms with Gasteiger partial charge in [-0.2, -0.15) is 0 Å². The van der Waals surface area contributed by atoms with Gasteiger partial charge in [-0.1, -0.05) is 6.92 Å². The Bertz CT molecular complexity index is 139. The van der Waals surface area contributed by atoms with Gasteiger partial charge in [0.25, 0.3) is 0 Å². The summed E-state index contributed by atoms with van der Waals surface area (Å²) in [5.74, 6) is 0.224. The van der Waals surface area contributed by atoms with Crippen LogP contribution in [0.1, 0.15) is 20.3 Å². The fourth-order valence-electron chi connectivity index (χ4n) is 0.856. The summed E-state index contributed by atoms with van der Waals surface area (Å²) in [4.78, 5) is 11.0. The molecule has 13 heavy (non-hydrogen) atoms. The predicted molar refractivity (Wildman–Crippen MR) is 50.4 cm³/mol. The molecule has 0 saturated carbocycles. The molecule has 78 valence electrons. The van der Waals surface area contributed by atoms with Crippen molar-refractivity contribution in [2.45, 2.75) is 20.3 Å². The first-order chi connectivity index (χ1) is 6.20. The molecule has 0 saturated heterocycles. The van der Waals surface area contributed by atoms with Crippen LogP contribution >= 0.6 is 0 Å². The molecule has 1 unspecified atom stereocenters. The fraction of sp³-hybridized carbons (Fsp3) is 0.889. The molecule has 2 N–H and O–H groups in total. The molecule has 4 nitrogen and oxygen atoms in total. The van der Waals surface area contributed by atoms with E-state index in [2.05, 4.69) is 5.32 Å². The van der Waals surface area contributed by atoms with Crippen LogP contribution < -0.4 is 5.32 Å². The number of hydrogen-bond donors (Lipinski definition) is 2. The molecular formula is C9H19NO3. The number of carbonyl (C=O) groups is 1. The third kappa shape index (κ3) is 7.74. The van der Waals surface area contributed by atoms with E-state index in [1.165, 1.54) is 0 Å². The number of rotatable bonds is 7. The zero-order valence-corrected chi connectivity index (χ0v) is 8.38. The molecule has 0 heterocycles. The van der Waals surface area contributed by atoms with Gasteiger partial charge in [-0.3, -0.25) is 4.79 Å². The van der Waals surface area contributed by atoms with Gasteiger partial charge >= 0.3 is 0 Å². The Morgan fingerprint density at radius 1 is 1.62 bits per heavy atom. The number of hydrogen-bond acceptors (Lipinski definition) is 3. The van der Waals surface area contributed by atoms with Crippen molar-refractivity contribution >= 4 is 5.91 Å². The van der Waals surface area contributed by atoms with Crippen LogP contribution in [0.25, 0.3) is 0 Å². The molecule has 0 aliphatic carbocycles. The summed E-state index contributed by atoms with van der Waals surface area (Å²) in [6, 6.07) is 0. The Hall–Kier alpha value is -0.610. The average Bonchev–Trinajstić information content (AvgIpc) is 2.12. The first-order valence-electron chi connectivity index (χ1n) is 4.66. The van der Waals surface area contributed by atoms with Gasteiger partial charge in [-0.15, -0.1) is 0 Å². The summed E-state index contributed by atoms with van der Waals surface area (Å²) >= 11 is 0. The minimum atomic E-state index is -0.0911. The van der Waals surface area contributed by atoms with Crippen LogP contribution in [-0.2, 0) is 9.53 Å². The average molecular weight is 189 g/mol. The minimum absolute atomic E-state index is 0.0911.